The molecule has 0 atom stereocenters. The molecule has 3 heteroatoms. The Morgan fingerprint density at radius 3 is 1.23 bits per heavy atom. The molecule has 0 saturated heterocycles. The smallest absolute Gasteiger partial charge is 0.257 e. The van der Waals surface area contributed by atoms with Crippen molar-refractivity contribution in [2.24, 2.45) is 0 Å². The van der Waals surface area contributed by atoms with Crippen LogP contribution in [0.2, 0.25) is 6.04 Å². The van der Waals surface area contributed by atoms with Gasteiger partial charge in [0.25, 0.3) is 9.68 Å². The van der Waals surface area contributed by atoms with Crippen molar-refractivity contribution in [2.45, 2.75) is 25.7 Å². The maximum atomic E-state index is 6.14. The van der Waals surface area contributed by atoms with Crippen LogP contribution >= 0.6 is 11.6 Å². The van der Waals surface area contributed by atoms with Gasteiger partial charge in [0.05, 0.1) is 19.6 Å². The molecule has 3 rings (SSSR count). The molecule has 0 aromatic heterocycles. The summed E-state index contributed by atoms with van der Waals surface area (Å²) in [5, 5.41) is 0. The van der Waals surface area contributed by atoms with E-state index < -0.39 is 9.68 Å². The van der Waals surface area contributed by atoms with Crippen LogP contribution in [0.1, 0.15) is 16.7 Å². The molecule has 0 aliphatic heterocycles. The Labute approximate surface area is 164 Å². The van der Waals surface area contributed by atoms with Crippen molar-refractivity contribution in [2.75, 3.05) is 5.88 Å². The van der Waals surface area contributed by atoms with E-state index in [0.29, 0.717) is 0 Å². The highest BCUT2D eigenvalue weighted by molar-refractivity contribution is 6.30. The highest BCUT2D eigenvalue weighted by atomic mass is 35.5. The van der Waals surface area contributed by atoms with Crippen LogP contribution in [0.5, 0.6) is 0 Å². The zero-order valence-electron chi connectivity index (χ0n) is 15.2. The summed E-state index contributed by atoms with van der Waals surface area (Å²) >= 11 is 6.14. The lowest BCUT2D eigenvalue weighted by Crippen LogP contribution is -2.48. The zero-order valence-corrected chi connectivity index (χ0v) is 17.4. The van der Waals surface area contributed by atoms with Crippen LogP contribution in [0.25, 0.3) is 0 Å². The molecular weight excluding hydrogens is 354 g/mol. The number of nitrogens with zero attached hydrogens (tertiary/aromatic N) is 1. The number of alkyl halides is 1. The maximum absolute atomic E-state index is 6.14. The van der Waals surface area contributed by atoms with Gasteiger partial charge in [-0.1, -0.05) is 91.0 Å². The maximum Gasteiger partial charge on any atom is 0.257 e. The van der Waals surface area contributed by atoms with Crippen LogP contribution < -0.4 is 0 Å². The molecule has 26 heavy (non-hydrogen) atoms. The highest BCUT2D eigenvalue weighted by Gasteiger charge is 2.28. The summed E-state index contributed by atoms with van der Waals surface area (Å²) in [4.78, 5) is 0. The Balaban J connectivity index is 1.94. The second-order valence-corrected chi connectivity index (χ2v) is 9.91. The minimum atomic E-state index is -0.407. The molecule has 0 N–H and O–H groups in total. The summed E-state index contributed by atoms with van der Waals surface area (Å²) in [7, 11) is -0.407. The number of hydrogen-bond donors (Lipinski definition) is 0. The summed E-state index contributed by atoms with van der Waals surface area (Å²) in [6.45, 7) is 3.23. The lowest BCUT2D eigenvalue weighted by atomic mass is 10.1. The number of hydrogen-bond acceptors (Lipinski definition) is 0. The Bertz CT molecular complexity index is 661. The number of halogens is 1. The Kier molecular flexibility index (Phi) is 7.07. The van der Waals surface area contributed by atoms with E-state index in [1.165, 1.54) is 16.7 Å². The van der Waals surface area contributed by atoms with Gasteiger partial charge < -0.3 is 4.15 Å². The van der Waals surface area contributed by atoms with Crippen molar-refractivity contribution in [1.29, 1.82) is 0 Å². The fraction of sp³-hybridized carbons (Fsp3) is 0.217. The molecule has 3 aromatic carbocycles. The molecule has 0 aliphatic carbocycles. The van der Waals surface area contributed by atoms with Crippen molar-refractivity contribution in [3.63, 3.8) is 0 Å². The standard InChI is InChI=1S/C23H27ClNSi/c24-16-17-26-25(18-21-10-4-1-5-11-21,19-22-12-6-2-7-13-22)20-23-14-8-3-9-15-23/h1-15H,16-20,26H2/q+1. The van der Waals surface area contributed by atoms with E-state index >= 15 is 0 Å². The molecule has 0 heterocycles. The van der Waals surface area contributed by atoms with E-state index in [4.69, 9.17) is 11.6 Å². The summed E-state index contributed by atoms with van der Waals surface area (Å²) in [5.74, 6) is 0.768. The molecule has 3 aromatic rings. The van der Waals surface area contributed by atoms with Gasteiger partial charge in [-0.15, -0.1) is 11.6 Å². The van der Waals surface area contributed by atoms with E-state index in [9.17, 15) is 0 Å². The number of benzene rings is 3. The number of quaternary nitrogens is 1. The van der Waals surface area contributed by atoms with E-state index in [-0.39, 0.29) is 0 Å². The van der Waals surface area contributed by atoms with Gasteiger partial charge in [-0.05, 0) is 0 Å². The van der Waals surface area contributed by atoms with Gasteiger partial charge in [-0.25, -0.2) is 0 Å². The molecule has 0 unspecified atom stereocenters. The van der Waals surface area contributed by atoms with Gasteiger partial charge in [-0.3, -0.25) is 0 Å². The first-order valence-electron chi connectivity index (χ1n) is 9.32. The predicted octanol–water partition coefficient (Wildman–Crippen LogP) is 5.14. The van der Waals surface area contributed by atoms with Gasteiger partial charge in [0.2, 0.25) is 0 Å². The van der Waals surface area contributed by atoms with Crippen molar-refractivity contribution >= 4 is 21.3 Å². The Morgan fingerprint density at radius 1 is 0.577 bits per heavy atom. The first-order valence-corrected chi connectivity index (χ1v) is 11.5. The number of rotatable bonds is 9. The summed E-state index contributed by atoms with van der Waals surface area (Å²) < 4.78 is 1.13. The van der Waals surface area contributed by atoms with E-state index in [0.717, 1.165) is 35.7 Å². The molecule has 0 spiro atoms. The Morgan fingerprint density at radius 2 is 0.923 bits per heavy atom. The molecular formula is C23H27ClNSi+. The molecule has 0 bridgehead atoms. The minimum absolute atomic E-state index is 0.407. The van der Waals surface area contributed by atoms with Crippen molar-refractivity contribution < 1.29 is 4.15 Å². The largest absolute Gasteiger partial charge is 0.377 e. The average Bonchev–Trinajstić information content (AvgIpc) is 2.69. The van der Waals surface area contributed by atoms with Gasteiger partial charge >= 0.3 is 0 Å². The third-order valence-corrected chi connectivity index (χ3v) is 7.85. The Hall–Kier alpha value is -1.87. The van der Waals surface area contributed by atoms with Crippen molar-refractivity contribution in [3.8, 4) is 0 Å². The molecule has 0 radical (unpaired) electrons. The van der Waals surface area contributed by atoms with E-state index in [1.807, 2.05) is 0 Å². The average molecular weight is 381 g/mol. The first-order chi connectivity index (χ1) is 12.8. The van der Waals surface area contributed by atoms with Gasteiger partial charge in [0, 0.05) is 28.6 Å². The molecule has 0 fully saturated rings. The summed E-state index contributed by atoms with van der Waals surface area (Å²) in [6, 6.07) is 33.9. The second-order valence-electron chi connectivity index (χ2n) is 7.04. The van der Waals surface area contributed by atoms with Gasteiger partial charge in [0.1, 0.15) is 0 Å². The van der Waals surface area contributed by atoms with Gasteiger partial charge in [-0.2, -0.15) is 0 Å². The summed E-state index contributed by atoms with van der Waals surface area (Å²) in [6.07, 6.45) is 0. The SMILES string of the molecule is ClCC[SiH2][N+](Cc1ccccc1)(Cc1ccccc1)Cc1ccccc1. The van der Waals surface area contributed by atoms with Crippen LogP contribution in [-0.2, 0) is 19.6 Å². The third kappa shape index (κ3) is 5.57. The topological polar surface area (TPSA) is 0 Å². The van der Waals surface area contributed by atoms with Crippen LogP contribution in [0.3, 0.4) is 0 Å². The van der Waals surface area contributed by atoms with E-state index in [1.54, 1.807) is 0 Å². The van der Waals surface area contributed by atoms with Crippen LogP contribution in [0.4, 0.5) is 0 Å². The van der Waals surface area contributed by atoms with E-state index in [2.05, 4.69) is 91.0 Å². The monoisotopic (exact) mass is 380 g/mol. The predicted molar refractivity (Wildman–Crippen MR) is 115 cm³/mol. The van der Waals surface area contributed by atoms with Gasteiger partial charge in [0.15, 0.2) is 0 Å². The quantitative estimate of drug-likeness (QED) is 0.356. The molecule has 1 nitrogen and oxygen atoms in total. The third-order valence-electron chi connectivity index (χ3n) is 4.85. The van der Waals surface area contributed by atoms with Crippen molar-refractivity contribution in [1.82, 2.24) is 0 Å². The summed E-state index contributed by atoms with van der Waals surface area (Å²) in [5.41, 5.74) is 4.25. The highest BCUT2D eigenvalue weighted by Crippen LogP contribution is 2.24. The minimum Gasteiger partial charge on any atom is -0.377 e. The van der Waals surface area contributed by atoms with Crippen LogP contribution in [-0.4, -0.2) is 19.7 Å². The normalized spacial score (nSPS) is 11.9. The lowest BCUT2D eigenvalue weighted by Gasteiger charge is -2.41. The molecule has 0 saturated carbocycles. The molecule has 0 amide bonds. The van der Waals surface area contributed by atoms with Crippen LogP contribution in [0, 0.1) is 0 Å². The zero-order chi connectivity index (χ0) is 18.1. The first kappa shape index (κ1) is 18.9. The molecule has 134 valence electrons. The lowest BCUT2D eigenvalue weighted by molar-refractivity contribution is -0.863. The van der Waals surface area contributed by atoms with Crippen molar-refractivity contribution in [3.05, 3.63) is 108 Å². The van der Waals surface area contributed by atoms with Crippen LogP contribution in [0.15, 0.2) is 91.0 Å². The molecule has 0 aliphatic rings. The fourth-order valence-corrected chi connectivity index (χ4v) is 6.11. The fourth-order valence-electron chi connectivity index (χ4n) is 3.71. The second kappa shape index (κ2) is 9.72.